The minimum absolute atomic E-state index is 0.0127. The van der Waals surface area contributed by atoms with Crippen molar-refractivity contribution in [2.45, 2.75) is 32.1 Å². The van der Waals surface area contributed by atoms with Crippen LogP contribution < -0.4 is 5.32 Å². The van der Waals surface area contributed by atoms with Gasteiger partial charge in [-0.25, -0.2) is 8.78 Å². The molecule has 1 aromatic carbocycles. The fourth-order valence-corrected chi connectivity index (χ4v) is 3.11. The second-order valence-electron chi connectivity index (χ2n) is 5.01. The van der Waals surface area contributed by atoms with Crippen LogP contribution in [0.3, 0.4) is 0 Å². The highest BCUT2D eigenvalue weighted by Gasteiger charge is 2.39. The van der Waals surface area contributed by atoms with Gasteiger partial charge in [0.05, 0.1) is 6.04 Å². The van der Waals surface area contributed by atoms with Crippen LogP contribution in [0, 0.1) is 11.6 Å². The van der Waals surface area contributed by atoms with Crippen LogP contribution in [0.15, 0.2) is 18.2 Å². The van der Waals surface area contributed by atoms with E-state index < -0.39 is 17.8 Å². The minimum atomic E-state index is -0.895. The molecule has 3 nitrogen and oxygen atoms in total. The predicted molar refractivity (Wildman–Crippen MR) is 76.4 cm³/mol. The molecule has 1 amide bonds. The second-order valence-corrected chi connectivity index (χ2v) is 5.92. The number of hydrogen-bond donors (Lipinski definition) is 1. The van der Waals surface area contributed by atoms with Crippen molar-refractivity contribution in [1.82, 2.24) is 10.2 Å². The zero-order chi connectivity index (χ0) is 14.9. The first-order valence-electron chi connectivity index (χ1n) is 6.47. The predicted octanol–water partition coefficient (Wildman–Crippen LogP) is 2.54. The van der Waals surface area contributed by atoms with Crippen molar-refractivity contribution >= 4 is 17.7 Å². The van der Waals surface area contributed by atoms with E-state index in [2.05, 4.69) is 5.32 Å². The Morgan fingerprint density at radius 1 is 1.40 bits per heavy atom. The number of carbonyl (C=O) groups excluding carboxylic acids is 1. The number of benzene rings is 1. The number of amides is 1. The van der Waals surface area contributed by atoms with Gasteiger partial charge in [0.25, 0.3) is 0 Å². The third-order valence-electron chi connectivity index (χ3n) is 3.45. The third-order valence-corrected chi connectivity index (χ3v) is 4.27. The SMILES string of the molecule is CSCC(C)N1C(=O)C(C)NC1c1ccc(F)c(F)c1. The lowest BCUT2D eigenvalue weighted by Crippen LogP contribution is -2.39. The van der Waals surface area contributed by atoms with Gasteiger partial charge < -0.3 is 4.90 Å². The molecule has 110 valence electrons. The zero-order valence-corrected chi connectivity index (χ0v) is 12.5. The third kappa shape index (κ3) is 2.81. The van der Waals surface area contributed by atoms with Crippen LogP contribution in [0.25, 0.3) is 0 Å². The van der Waals surface area contributed by atoms with Crippen molar-refractivity contribution in [1.29, 1.82) is 0 Å². The number of nitrogens with one attached hydrogen (secondary N) is 1. The molecule has 1 aliphatic rings. The van der Waals surface area contributed by atoms with Crippen LogP contribution in [0.2, 0.25) is 0 Å². The van der Waals surface area contributed by atoms with Gasteiger partial charge in [-0.1, -0.05) is 6.07 Å². The molecular weight excluding hydrogens is 282 g/mol. The van der Waals surface area contributed by atoms with Crippen molar-refractivity contribution in [3.05, 3.63) is 35.4 Å². The van der Waals surface area contributed by atoms with Gasteiger partial charge in [0, 0.05) is 11.8 Å². The summed E-state index contributed by atoms with van der Waals surface area (Å²) < 4.78 is 26.4. The van der Waals surface area contributed by atoms with E-state index in [0.29, 0.717) is 5.56 Å². The molecule has 0 bridgehead atoms. The lowest BCUT2D eigenvalue weighted by molar-refractivity contribution is -0.131. The first-order valence-corrected chi connectivity index (χ1v) is 7.87. The highest BCUT2D eigenvalue weighted by molar-refractivity contribution is 7.98. The molecule has 3 unspecified atom stereocenters. The molecule has 1 aliphatic heterocycles. The van der Waals surface area contributed by atoms with Crippen molar-refractivity contribution in [2.75, 3.05) is 12.0 Å². The summed E-state index contributed by atoms with van der Waals surface area (Å²) in [4.78, 5) is 14.0. The monoisotopic (exact) mass is 300 g/mol. The Morgan fingerprint density at radius 3 is 2.70 bits per heavy atom. The molecule has 0 spiro atoms. The van der Waals surface area contributed by atoms with Crippen molar-refractivity contribution in [2.24, 2.45) is 0 Å². The Kier molecular flexibility index (Phi) is 4.65. The molecule has 1 saturated heterocycles. The smallest absolute Gasteiger partial charge is 0.241 e. The standard InChI is InChI=1S/C14H18F2N2OS/c1-8(7-20-3)18-13(17-9(2)14(18)19)10-4-5-11(15)12(16)6-10/h4-6,8-9,13,17H,7H2,1-3H3. The van der Waals surface area contributed by atoms with Crippen molar-refractivity contribution in [3.63, 3.8) is 0 Å². The summed E-state index contributed by atoms with van der Waals surface area (Å²) in [6.07, 6.45) is 1.57. The van der Waals surface area contributed by atoms with Crippen LogP contribution in [0.5, 0.6) is 0 Å². The maximum Gasteiger partial charge on any atom is 0.241 e. The molecule has 1 aromatic rings. The van der Waals surface area contributed by atoms with Gasteiger partial charge in [-0.15, -0.1) is 0 Å². The van der Waals surface area contributed by atoms with E-state index in [1.54, 1.807) is 23.6 Å². The quantitative estimate of drug-likeness (QED) is 0.927. The normalized spacial score (nSPS) is 24.2. The lowest BCUT2D eigenvalue weighted by Gasteiger charge is -2.30. The molecule has 20 heavy (non-hydrogen) atoms. The highest BCUT2D eigenvalue weighted by Crippen LogP contribution is 2.29. The van der Waals surface area contributed by atoms with Crippen LogP contribution >= 0.6 is 11.8 Å². The lowest BCUT2D eigenvalue weighted by atomic mass is 10.1. The van der Waals surface area contributed by atoms with Gasteiger partial charge in [-0.05, 0) is 37.8 Å². The van der Waals surface area contributed by atoms with Gasteiger partial charge in [-0.3, -0.25) is 10.1 Å². The average molecular weight is 300 g/mol. The fourth-order valence-electron chi connectivity index (χ4n) is 2.47. The molecule has 2 rings (SSSR count). The maximum absolute atomic E-state index is 13.4. The summed E-state index contributed by atoms with van der Waals surface area (Å²) in [5, 5.41) is 3.13. The van der Waals surface area contributed by atoms with E-state index in [-0.39, 0.29) is 18.0 Å². The molecule has 0 aromatic heterocycles. The summed E-state index contributed by atoms with van der Waals surface area (Å²) >= 11 is 1.65. The minimum Gasteiger partial charge on any atom is -0.318 e. The molecule has 1 fully saturated rings. The van der Waals surface area contributed by atoms with Crippen LogP contribution in [-0.2, 0) is 4.79 Å². The van der Waals surface area contributed by atoms with E-state index in [9.17, 15) is 13.6 Å². The Hall–Kier alpha value is -1.14. The van der Waals surface area contributed by atoms with E-state index in [4.69, 9.17) is 0 Å². The molecule has 3 atom stereocenters. The van der Waals surface area contributed by atoms with Gasteiger partial charge in [0.1, 0.15) is 6.17 Å². The molecule has 1 heterocycles. The number of rotatable bonds is 4. The largest absolute Gasteiger partial charge is 0.318 e. The van der Waals surface area contributed by atoms with Crippen LogP contribution in [0.4, 0.5) is 8.78 Å². The fraction of sp³-hybridized carbons (Fsp3) is 0.500. The number of halogens is 2. The van der Waals surface area contributed by atoms with Gasteiger partial charge >= 0.3 is 0 Å². The first-order chi connectivity index (χ1) is 9.45. The zero-order valence-electron chi connectivity index (χ0n) is 11.7. The Balaban J connectivity index is 2.32. The number of hydrogen-bond acceptors (Lipinski definition) is 3. The van der Waals surface area contributed by atoms with E-state index >= 15 is 0 Å². The van der Waals surface area contributed by atoms with Gasteiger partial charge in [0.15, 0.2) is 11.6 Å². The molecule has 0 saturated carbocycles. The summed E-state index contributed by atoms with van der Waals surface area (Å²) in [7, 11) is 0. The molecule has 1 N–H and O–H groups in total. The average Bonchev–Trinajstić information content (AvgIpc) is 2.69. The number of thioether (sulfide) groups is 1. The summed E-state index contributed by atoms with van der Waals surface area (Å²) in [5.41, 5.74) is 0.564. The van der Waals surface area contributed by atoms with Crippen molar-refractivity contribution in [3.8, 4) is 0 Å². The number of nitrogens with zero attached hydrogens (tertiary/aromatic N) is 1. The summed E-state index contributed by atoms with van der Waals surface area (Å²) in [6.45, 7) is 3.74. The summed E-state index contributed by atoms with van der Waals surface area (Å²) in [5.74, 6) is -0.995. The molecule has 0 aliphatic carbocycles. The van der Waals surface area contributed by atoms with Crippen LogP contribution in [0.1, 0.15) is 25.6 Å². The maximum atomic E-state index is 13.4. The van der Waals surface area contributed by atoms with Crippen LogP contribution in [-0.4, -0.2) is 34.9 Å². The van der Waals surface area contributed by atoms with E-state index in [0.717, 1.165) is 17.9 Å². The first kappa shape index (κ1) is 15.3. The number of carbonyl (C=O) groups is 1. The van der Waals surface area contributed by atoms with E-state index in [1.165, 1.54) is 6.07 Å². The van der Waals surface area contributed by atoms with Crippen molar-refractivity contribution < 1.29 is 13.6 Å². The van der Waals surface area contributed by atoms with Gasteiger partial charge in [-0.2, -0.15) is 11.8 Å². The Labute approximate surface area is 121 Å². The Morgan fingerprint density at radius 2 is 2.10 bits per heavy atom. The highest BCUT2D eigenvalue weighted by atomic mass is 32.2. The topological polar surface area (TPSA) is 32.3 Å². The second kappa shape index (κ2) is 6.10. The van der Waals surface area contributed by atoms with Gasteiger partial charge in [0.2, 0.25) is 5.91 Å². The molecular formula is C14H18F2N2OS. The molecule has 0 radical (unpaired) electrons. The molecule has 6 heteroatoms. The summed E-state index contributed by atoms with van der Waals surface area (Å²) in [6, 6.07) is 3.46. The Bertz CT molecular complexity index is 512. The van der Waals surface area contributed by atoms with E-state index in [1.807, 2.05) is 13.2 Å².